The first-order chi connectivity index (χ1) is 9.20. The van der Waals surface area contributed by atoms with Crippen LogP contribution < -0.4 is 10.7 Å². The van der Waals surface area contributed by atoms with E-state index in [1.807, 2.05) is 11.9 Å². The first-order valence-electron chi connectivity index (χ1n) is 6.66. The largest absolute Gasteiger partial charge is 0.370 e. The highest BCUT2D eigenvalue weighted by molar-refractivity contribution is 9.10. The van der Waals surface area contributed by atoms with Crippen LogP contribution in [0.5, 0.6) is 0 Å². The van der Waals surface area contributed by atoms with Crippen LogP contribution in [0.15, 0.2) is 16.7 Å². The van der Waals surface area contributed by atoms with Crippen molar-refractivity contribution in [3.63, 3.8) is 0 Å². The quantitative estimate of drug-likeness (QED) is 0.892. The van der Waals surface area contributed by atoms with E-state index in [9.17, 15) is 4.79 Å². The first kappa shape index (κ1) is 14.3. The second-order valence-electron chi connectivity index (χ2n) is 4.57. The van der Waals surface area contributed by atoms with E-state index in [0.29, 0.717) is 11.4 Å². The maximum atomic E-state index is 12.3. The number of pyridine rings is 1. The van der Waals surface area contributed by atoms with Gasteiger partial charge in [0, 0.05) is 30.3 Å². The van der Waals surface area contributed by atoms with Crippen molar-refractivity contribution in [2.45, 2.75) is 26.2 Å². The van der Waals surface area contributed by atoms with Crippen LogP contribution in [0.3, 0.4) is 0 Å². The van der Waals surface area contributed by atoms with Crippen molar-refractivity contribution >= 4 is 27.7 Å². The molecule has 1 amide bonds. The number of carbonyl (C=O) groups excluding carboxylic acids is 1. The summed E-state index contributed by atoms with van der Waals surface area (Å²) in [5.74, 6) is 0.520. The molecule has 1 fully saturated rings. The number of carbonyl (C=O) groups is 1. The molecule has 1 saturated heterocycles. The maximum Gasteiger partial charge on any atom is 0.269 e. The predicted octanol–water partition coefficient (Wildman–Crippen LogP) is 2.41. The number of piperidine rings is 1. The average molecular weight is 327 g/mol. The molecule has 6 heteroatoms. The van der Waals surface area contributed by atoms with Gasteiger partial charge in [0.15, 0.2) is 0 Å². The summed E-state index contributed by atoms with van der Waals surface area (Å²) in [4.78, 5) is 16.6. The molecule has 5 nitrogen and oxygen atoms in total. The molecule has 104 valence electrons. The Labute approximate surface area is 121 Å². The molecule has 2 rings (SSSR count). The minimum absolute atomic E-state index is 0.105. The summed E-state index contributed by atoms with van der Waals surface area (Å²) in [5, 5.41) is 5.10. The predicted molar refractivity (Wildman–Crippen MR) is 79.0 cm³/mol. The van der Waals surface area contributed by atoms with Gasteiger partial charge in [-0.05, 0) is 41.8 Å². The summed E-state index contributed by atoms with van der Waals surface area (Å²) in [5.41, 5.74) is 3.53. The highest BCUT2D eigenvalue weighted by atomic mass is 79.9. The van der Waals surface area contributed by atoms with E-state index in [1.54, 1.807) is 12.3 Å². The first-order valence-corrected chi connectivity index (χ1v) is 7.45. The third kappa shape index (κ3) is 3.91. The zero-order chi connectivity index (χ0) is 13.7. The van der Waals surface area contributed by atoms with Gasteiger partial charge in [0.05, 0.1) is 5.56 Å². The standard InChI is InChI=1S/C13H19BrN4O/c1-2-15-12-11(8-10(14)9-16-12)13(19)17-18-6-4-3-5-7-18/h8-9H,2-7H2,1H3,(H,15,16)(H,17,19). The van der Waals surface area contributed by atoms with Crippen LogP contribution in [0.2, 0.25) is 0 Å². The van der Waals surface area contributed by atoms with Gasteiger partial charge in [0.1, 0.15) is 5.82 Å². The number of amides is 1. The van der Waals surface area contributed by atoms with Crippen LogP contribution in [-0.2, 0) is 0 Å². The van der Waals surface area contributed by atoms with Gasteiger partial charge in [-0.2, -0.15) is 0 Å². The van der Waals surface area contributed by atoms with E-state index in [-0.39, 0.29) is 5.91 Å². The molecule has 1 aromatic heterocycles. The van der Waals surface area contributed by atoms with Gasteiger partial charge in [-0.15, -0.1) is 0 Å². The molecule has 0 unspecified atom stereocenters. The average Bonchev–Trinajstić information content (AvgIpc) is 2.42. The van der Waals surface area contributed by atoms with Crippen LogP contribution in [0.1, 0.15) is 36.5 Å². The lowest BCUT2D eigenvalue weighted by Crippen LogP contribution is -2.45. The molecule has 0 bridgehead atoms. The molecule has 2 N–H and O–H groups in total. The minimum Gasteiger partial charge on any atom is -0.370 e. The van der Waals surface area contributed by atoms with E-state index in [1.165, 1.54) is 6.42 Å². The molecule has 0 aromatic carbocycles. The van der Waals surface area contributed by atoms with Crippen LogP contribution >= 0.6 is 15.9 Å². The lowest BCUT2D eigenvalue weighted by Gasteiger charge is -2.27. The van der Waals surface area contributed by atoms with Gasteiger partial charge in [-0.3, -0.25) is 10.2 Å². The smallest absolute Gasteiger partial charge is 0.269 e. The molecular weight excluding hydrogens is 308 g/mol. The Balaban J connectivity index is 2.10. The van der Waals surface area contributed by atoms with Crippen LogP contribution in [0, 0.1) is 0 Å². The third-order valence-corrected chi connectivity index (χ3v) is 3.49. The second-order valence-corrected chi connectivity index (χ2v) is 5.48. The van der Waals surface area contributed by atoms with Crippen molar-refractivity contribution in [2.75, 3.05) is 25.0 Å². The number of hydrogen-bond acceptors (Lipinski definition) is 4. The molecule has 0 saturated carbocycles. The summed E-state index contributed by atoms with van der Waals surface area (Å²) in [6, 6.07) is 1.80. The zero-order valence-corrected chi connectivity index (χ0v) is 12.7. The normalized spacial score (nSPS) is 16.1. The number of halogens is 1. The van der Waals surface area contributed by atoms with Crippen LogP contribution in [-0.4, -0.2) is 35.5 Å². The zero-order valence-electron chi connectivity index (χ0n) is 11.1. The molecular formula is C13H19BrN4O. The van der Waals surface area contributed by atoms with E-state index in [4.69, 9.17) is 0 Å². The number of aromatic nitrogens is 1. The lowest BCUT2D eigenvalue weighted by molar-refractivity contribution is 0.0750. The molecule has 1 aliphatic rings. The van der Waals surface area contributed by atoms with Crippen molar-refractivity contribution in [1.29, 1.82) is 0 Å². The van der Waals surface area contributed by atoms with Crippen molar-refractivity contribution in [2.24, 2.45) is 0 Å². The van der Waals surface area contributed by atoms with E-state index in [2.05, 4.69) is 31.7 Å². The summed E-state index contributed by atoms with van der Waals surface area (Å²) in [6.45, 7) is 4.56. The Morgan fingerprint density at radius 1 is 1.42 bits per heavy atom. The monoisotopic (exact) mass is 326 g/mol. The maximum absolute atomic E-state index is 12.3. The van der Waals surface area contributed by atoms with Crippen molar-refractivity contribution in [1.82, 2.24) is 15.4 Å². The number of rotatable bonds is 4. The molecule has 1 aromatic rings. The number of nitrogens with one attached hydrogen (secondary N) is 2. The Bertz CT molecular complexity index is 446. The van der Waals surface area contributed by atoms with Crippen LogP contribution in [0.4, 0.5) is 5.82 Å². The molecule has 0 atom stereocenters. The number of nitrogens with zero attached hydrogens (tertiary/aromatic N) is 2. The Hall–Kier alpha value is -1.14. The summed E-state index contributed by atoms with van der Waals surface area (Å²) >= 11 is 3.36. The van der Waals surface area contributed by atoms with Gasteiger partial charge in [-0.25, -0.2) is 9.99 Å². The van der Waals surface area contributed by atoms with Gasteiger partial charge in [0.2, 0.25) is 0 Å². The molecule has 0 aliphatic carbocycles. The van der Waals surface area contributed by atoms with Gasteiger partial charge in [-0.1, -0.05) is 6.42 Å². The minimum atomic E-state index is -0.105. The summed E-state index contributed by atoms with van der Waals surface area (Å²) in [6.07, 6.45) is 5.21. The molecule has 2 heterocycles. The molecule has 0 spiro atoms. The SMILES string of the molecule is CCNc1ncc(Br)cc1C(=O)NN1CCCCC1. The second kappa shape index (κ2) is 6.86. The van der Waals surface area contributed by atoms with Crippen molar-refractivity contribution < 1.29 is 4.79 Å². The van der Waals surface area contributed by atoms with E-state index in [0.717, 1.165) is 36.9 Å². The molecule has 19 heavy (non-hydrogen) atoms. The highest BCUT2D eigenvalue weighted by Gasteiger charge is 2.17. The number of anilines is 1. The van der Waals surface area contributed by atoms with Gasteiger partial charge in [0.25, 0.3) is 5.91 Å². The van der Waals surface area contributed by atoms with Gasteiger partial charge < -0.3 is 5.32 Å². The van der Waals surface area contributed by atoms with Crippen molar-refractivity contribution in [3.8, 4) is 0 Å². The van der Waals surface area contributed by atoms with Crippen LogP contribution in [0.25, 0.3) is 0 Å². The van der Waals surface area contributed by atoms with Gasteiger partial charge >= 0.3 is 0 Å². The third-order valence-electron chi connectivity index (χ3n) is 3.06. The topological polar surface area (TPSA) is 57.3 Å². The highest BCUT2D eigenvalue weighted by Crippen LogP contribution is 2.18. The Morgan fingerprint density at radius 3 is 2.84 bits per heavy atom. The van der Waals surface area contributed by atoms with Crippen molar-refractivity contribution in [3.05, 3.63) is 22.3 Å². The summed E-state index contributed by atoms with van der Waals surface area (Å²) in [7, 11) is 0. The lowest BCUT2D eigenvalue weighted by atomic mass is 10.2. The summed E-state index contributed by atoms with van der Waals surface area (Å²) < 4.78 is 0.804. The fourth-order valence-electron chi connectivity index (χ4n) is 2.13. The Morgan fingerprint density at radius 2 is 2.16 bits per heavy atom. The molecule has 0 radical (unpaired) electrons. The van der Waals surface area contributed by atoms with E-state index >= 15 is 0 Å². The fourth-order valence-corrected chi connectivity index (χ4v) is 2.46. The number of hydrazine groups is 1. The molecule has 1 aliphatic heterocycles. The fraction of sp³-hybridized carbons (Fsp3) is 0.538. The Kier molecular flexibility index (Phi) is 5.15. The number of hydrogen-bond donors (Lipinski definition) is 2. The van der Waals surface area contributed by atoms with E-state index < -0.39 is 0 Å².